The van der Waals surface area contributed by atoms with E-state index in [1.807, 2.05) is 19.9 Å². The first kappa shape index (κ1) is 21.9. The Morgan fingerprint density at radius 2 is 1.97 bits per heavy atom. The van der Waals surface area contributed by atoms with Crippen molar-refractivity contribution in [2.75, 3.05) is 6.61 Å². The van der Waals surface area contributed by atoms with Gasteiger partial charge in [0, 0.05) is 29.3 Å². The molecule has 1 aromatic carbocycles. The number of hydrogen-bond acceptors (Lipinski definition) is 4. The number of allylic oxidation sites excluding steroid dienone is 3. The molecule has 29 heavy (non-hydrogen) atoms. The predicted octanol–water partition coefficient (Wildman–Crippen LogP) is 5.94. The van der Waals surface area contributed by atoms with Gasteiger partial charge in [-0.05, 0) is 42.9 Å². The van der Waals surface area contributed by atoms with Crippen molar-refractivity contribution in [3.8, 4) is 0 Å². The summed E-state index contributed by atoms with van der Waals surface area (Å²) in [7, 11) is 0. The summed E-state index contributed by atoms with van der Waals surface area (Å²) >= 11 is 12.4. The summed E-state index contributed by atoms with van der Waals surface area (Å²) in [4.78, 5) is 26.2. The number of ketones is 1. The first-order valence-electron chi connectivity index (χ1n) is 10.0. The van der Waals surface area contributed by atoms with Gasteiger partial charge >= 0.3 is 5.97 Å². The van der Waals surface area contributed by atoms with Crippen LogP contribution >= 0.6 is 23.2 Å². The molecule has 1 atom stereocenters. The van der Waals surface area contributed by atoms with E-state index in [1.54, 1.807) is 12.1 Å². The highest BCUT2D eigenvalue weighted by molar-refractivity contribution is 6.42. The van der Waals surface area contributed by atoms with Gasteiger partial charge < -0.3 is 10.1 Å². The fraction of sp³-hybridized carbons (Fsp3) is 0.478. The molecule has 156 valence electrons. The minimum Gasteiger partial charge on any atom is -0.462 e. The molecule has 0 spiro atoms. The molecule has 0 aromatic heterocycles. The van der Waals surface area contributed by atoms with Gasteiger partial charge in [-0.2, -0.15) is 0 Å². The van der Waals surface area contributed by atoms with Crippen LogP contribution in [-0.2, 0) is 14.3 Å². The lowest BCUT2D eigenvalue weighted by atomic mass is 9.68. The van der Waals surface area contributed by atoms with E-state index in [-0.39, 0.29) is 11.2 Å². The number of halogens is 2. The molecule has 0 fully saturated rings. The second-order valence-electron chi connectivity index (χ2n) is 8.59. The van der Waals surface area contributed by atoms with Gasteiger partial charge in [-0.1, -0.05) is 56.5 Å². The summed E-state index contributed by atoms with van der Waals surface area (Å²) in [6.07, 6.45) is 2.90. The number of dihydropyridines is 1. The zero-order valence-corrected chi connectivity index (χ0v) is 18.8. The van der Waals surface area contributed by atoms with Gasteiger partial charge in [0.1, 0.15) is 0 Å². The van der Waals surface area contributed by atoms with Crippen LogP contribution in [0.2, 0.25) is 10.0 Å². The van der Waals surface area contributed by atoms with Crippen LogP contribution in [0.1, 0.15) is 64.9 Å². The van der Waals surface area contributed by atoms with Crippen molar-refractivity contribution in [1.82, 2.24) is 5.32 Å². The fourth-order valence-corrected chi connectivity index (χ4v) is 4.43. The summed E-state index contributed by atoms with van der Waals surface area (Å²) in [5, 5.41) is 4.16. The first-order valence-corrected chi connectivity index (χ1v) is 10.8. The van der Waals surface area contributed by atoms with Gasteiger partial charge in [-0.25, -0.2) is 4.79 Å². The number of ether oxygens (including phenoxy) is 1. The number of nitrogens with one attached hydrogen (secondary N) is 1. The molecule has 0 saturated heterocycles. The Labute approximate surface area is 182 Å². The molecule has 6 heteroatoms. The van der Waals surface area contributed by atoms with Crippen LogP contribution in [0, 0.1) is 5.41 Å². The normalized spacial score (nSPS) is 21.0. The van der Waals surface area contributed by atoms with E-state index >= 15 is 0 Å². The Bertz CT molecular complexity index is 915. The van der Waals surface area contributed by atoms with E-state index in [0.29, 0.717) is 39.9 Å². The van der Waals surface area contributed by atoms with Gasteiger partial charge in [0.05, 0.1) is 22.2 Å². The number of carbonyl (C=O) groups is 2. The summed E-state index contributed by atoms with van der Waals surface area (Å²) in [6, 6.07) is 5.27. The molecule has 3 rings (SSSR count). The second-order valence-corrected chi connectivity index (χ2v) is 9.41. The van der Waals surface area contributed by atoms with E-state index in [2.05, 4.69) is 19.2 Å². The number of carbonyl (C=O) groups excluding carboxylic acids is 2. The average Bonchev–Trinajstić information content (AvgIpc) is 2.61. The predicted molar refractivity (Wildman–Crippen MR) is 116 cm³/mol. The van der Waals surface area contributed by atoms with Crippen molar-refractivity contribution < 1.29 is 14.3 Å². The van der Waals surface area contributed by atoms with Gasteiger partial charge in [0.15, 0.2) is 5.78 Å². The maximum Gasteiger partial charge on any atom is 0.336 e. The van der Waals surface area contributed by atoms with Crippen molar-refractivity contribution in [3.63, 3.8) is 0 Å². The van der Waals surface area contributed by atoms with Crippen LogP contribution in [0.3, 0.4) is 0 Å². The monoisotopic (exact) mass is 435 g/mol. The standard InChI is InChI=1S/C23H27Cl2NO3/c1-5-6-9-29-22(28)19-13(2)26-17-11-23(3,4)12-18(27)21(17)20(19)14-7-8-15(24)16(25)10-14/h7-8,10,20,26H,5-6,9,11-12H2,1-4H3/t20-/m1/s1. The zero-order valence-electron chi connectivity index (χ0n) is 17.3. The van der Waals surface area contributed by atoms with Crippen LogP contribution < -0.4 is 5.32 Å². The molecular weight excluding hydrogens is 409 g/mol. The first-order chi connectivity index (χ1) is 13.6. The molecule has 4 nitrogen and oxygen atoms in total. The lowest BCUT2D eigenvalue weighted by Crippen LogP contribution is -2.38. The maximum absolute atomic E-state index is 13.2. The van der Waals surface area contributed by atoms with E-state index in [0.717, 1.165) is 30.5 Å². The van der Waals surface area contributed by atoms with E-state index in [9.17, 15) is 9.59 Å². The number of rotatable bonds is 5. The largest absolute Gasteiger partial charge is 0.462 e. The molecule has 0 unspecified atom stereocenters. The molecule has 1 heterocycles. The lowest BCUT2D eigenvalue weighted by Gasteiger charge is -2.39. The van der Waals surface area contributed by atoms with E-state index < -0.39 is 11.9 Å². The van der Waals surface area contributed by atoms with Crippen LogP contribution in [-0.4, -0.2) is 18.4 Å². The Morgan fingerprint density at radius 3 is 2.62 bits per heavy atom. The van der Waals surface area contributed by atoms with Gasteiger partial charge in [-0.3, -0.25) is 4.79 Å². The summed E-state index contributed by atoms with van der Waals surface area (Å²) in [5.41, 5.74) is 3.33. The topological polar surface area (TPSA) is 55.4 Å². The molecule has 0 radical (unpaired) electrons. The summed E-state index contributed by atoms with van der Waals surface area (Å²) < 4.78 is 5.52. The quantitative estimate of drug-likeness (QED) is 0.459. The second kappa shape index (κ2) is 8.53. The summed E-state index contributed by atoms with van der Waals surface area (Å²) in [6.45, 7) is 8.42. The smallest absolute Gasteiger partial charge is 0.336 e. The van der Waals surface area contributed by atoms with E-state index in [1.165, 1.54) is 0 Å². The average molecular weight is 436 g/mol. The van der Waals surface area contributed by atoms with E-state index in [4.69, 9.17) is 27.9 Å². The minimum atomic E-state index is -0.515. The van der Waals surface area contributed by atoms with Crippen LogP contribution in [0.4, 0.5) is 0 Å². The summed E-state index contributed by atoms with van der Waals surface area (Å²) in [5.74, 6) is -0.867. The van der Waals surface area contributed by atoms with Crippen molar-refractivity contribution in [3.05, 3.63) is 56.3 Å². The molecule has 0 bridgehead atoms. The van der Waals surface area contributed by atoms with Gasteiger partial charge in [0.2, 0.25) is 0 Å². The maximum atomic E-state index is 13.2. The van der Waals surface area contributed by atoms with Crippen molar-refractivity contribution in [1.29, 1.82) is 0 Å². The number of esters is 1. The molecule has 1 aliphatic heterocycles. The number of unbranched alkanes of at least 4 members (excludes halogenated alkanes) is 1. The molecular formula is C23H27Cl2NO3. The van der Waals surface area contributed by atoms with Crippen molar-refractivity contribution >= 4 is 35.0 Å². The molecule has 0 saturated carbocycles. The SMILES string of the molecule is CCCCOC(=O)C1=C(C)NC2=C(C(=O)CC(C)(C)C2)[C@@H]1c1ccc(Cl)c(Cl)c1. The highest BCUT2D eigenvalue weighted by atomic mass is 35.5. The number of Topliss-reactive ketones (excluding diaryl/α,β-unsaturated/α-hetero) is 1. The highest BCUT2D eigenvalue weighted by Crippen LogP contribution is 2.47. The Hall–Kier alpha value is -1.78. The third-order valence-electron chi connectivity index (χ3n) is 5.47. The Morgan fingerprint density at radius 1 is 1.24 bits per heavy atom. The zero-order chi connectivity index (χ0) is 21.3. The molecule has 1 aromatic rings. The highest BCUT2D eigenvalue weighted by Gasteiger charge is 2.43. The third-order valence-corrected chi connectivity index (χ3v) is 6.21. The Kier molecular flexibility index (Phi) is 6.45. The van der Waals surface area contributed by atoms with Crippen LogP contribution in [0.25, 0.3) is 0 Å². The number of hydrogen-bond donors (Lipinski definition) is 1. The molecule has 1 aliphatic carbocycles. The van der Waals surface area contributed by atoms with Gasteiger partial charge in [0.25, 0.3) is 0 Å². The lowest BCUT2D eigenvalue weighted by molar-refractivity contribution is -0.139. The molecule has 0 amide bonds. The number of benzene rings is 1. The third kappa shape index (κ3) is 4.54. The van der Waals surface area contributed by atoms with Crippen molar-refractivity contribution in [2.45, 2.75) is 59.3 Å². The van der Waals surface area contributed by atoms with Crippen LogP contribution in [0.5, 0.6) is 0 Å². The fourth-order valence-electron chi connectivity index (χ4n) is 4.12. The molecule has 1 N–H and O–H groups in total. The van der Waals surface area contributed by atoms with Gasteiger partial charge in [-0.15, -0.1) is 0 Å². The van der Waals surface area contributed by atoms with Crippen molar-refractivity contribution in [2.24, 2.45) is 5.41 Å². The molecule has 2 aliphatic rings. The Balaban J connectivity index is 2.11. The minimum absolute atomic E-state index is 0.0474. The van der Waals surface area contributed by atoms with Crippen LogP contribution in [0.15, 0.2) is 40.7 Å².